The highest BCUT2D eigenvalue weighted by Gasteiger charge is 2.22. The van der Waals surface area contributed by atoms with Crippen LogP contribution < -0.4 is 5.32 Å². The lowest BCUT2D eigenvalue weighted by molar-refractivity contribution is -0.394. The Labute approximate surface area is 153 Å². The number of carbonyl (C=O) groups excluding carboxylic acids is 2. The van der Waals surface area contributed by atoms with Crippen LogP contribution in [-0.4, -0.2) is 40.2 Å². The molecule has 0 heterocycles. The molecule has 0 aliphatic heterocycles. The van der Waals surface area contributed by atoms with Crippen LogP contribution in [0.3, 0.4) is 0 Å². The fourth-order valence-corrected chi connectivity index (χ4v) is 2.27. The number of hydrogen-bond acceptors (Lipinski definition) is 6. The Morgan fingerprint density at radius 3 is 2.00 bits per heavy atom. The summed E-state index contributed by atoms with van der Waals surface area (Å²) in [4.78, 5) is 45.7. The van der Waals surface area contributed by atoms with E-state index in [1.807, 2.05) is 19.1 Å². The van der Waals surface area contributed by atoms with E-state index in [1.165, 1.54) is 7.05 Å². The second-order valence-electron chi connectivity index (χ2n) is 5.83. The number of hydrogen-bond donors (Lipinski definition) is 1. The van der Waals surface area contributed by atoms with Gasteiger partial charge in [-0.2, -0.15) is 0 Å². The van der Waals surface area contributed by atoms with E-state index in [0.29, 0.717) is 5.69 Å². The van der Waals surface area contributed by atoms with Crippen LogP contribution in [-0.2, 0) is 4.79 Å². The van der Waals surface area contributed by atoms with E-state index in [1.54, 1.807) is 12.1 Å². The van der Waals surface area contributed by atoms with E-state index in [0.717, 1.165) is 28.7 Å². The summed E-state index contributed by atoms with van der Waals surface area (Å²) in [6, 6.07) is 9.67. The van der Waals surface area contributed by atoms with Crippen molar-refractivity contribution in [2.45, 2.75) is 6.92 Å². The maximum Gasteiger partial charge on any atom is 0.277 e. The normalized spacial score (nSPS) is 10.1. The Morgan fingerprint density at radius 2 is 1.52 bits per heavy atom. The van der Waals surface area contributed by atoms with E-state index in [9.17, 15) is 29.8 Å². The van der Waals surface area contributed by atoms with Crippen molar-refractivity contribution in [3.05, 3.63) is 73.8 Å². The largest absolute Gasteiger partial charge is 0.332 e. The van der Waals surface area contributed by atoms with Crippen LogP contribution in [0, 0.1) is 27.2 Å². The van der Waals surface area contributed by atoms with E-state index in [-0.39, 0.29) is 12.1 Å². The molecule has 0 aromatic heterocycles. The fourth-order valence-electron chi connectivity index (χ4n) is 2.27. The molecule has 0 aliphatic rings. The second-order valence-corrected chi connectivity index (χ2v) is 5.83. The summed E-state index contributed by atoms with van der Waals surface area (Å²) in [6.45, 7) is 1.57. The summed E-state index contributed by atoms with van der Waals surface area (Å²) in [5, 5.41) is 24.5. The second kappa shape index (κ2) is 8.04. The number of aryl methyl sites for hydroxylation is 1. The number of carbonyl (C=O) groups is 2. The molecule has 2 aromatic rings. The number of rotatable bonds is 6. The summed E-state index contributed by atoms with van der Waals surface area (Å²) < 4.78 is 0. The van der Waals surface area contributed by atoms with Gasteiger partial charge in [0, 0.05) is 24.9 Å². The summed E-state index contributed by atoms with van der Waals surface area (Å²) in [5.74, 6) is -1.23. The highest BCUT2D eigenvalue weighted by Crippen LogP contribution is 2.23. The van der Waals surface area contributed by atoms with Gasteiger partial charge in [-0.1, -0.05) is 17.7 Å². The molecule has 0 bridgehead atoms. The third-order valence-electron chi connectivity index (χ3n) is 3.63. The molecule has 10 heteroatoms. The fraction of sp³-hybridized carbons (Fsp3) is 0.176. The molecule has 2 aromatic carbocycles. The van der Waals surface area contributed by atoms with Gasteiger partial charge in [-0.05, 0) is 19.1 Å². The number of benzene rings is 2. The first-order valence-corrected chi connectivity index (χ1v) is 7.73. The van der Waals surface area contributed by atoms with Gasteiger partial charge in [0.1, 0.15) is 0 Å². The summed E-state index contributed by atoms with van der Waals surface area (Å²) in [5.41, 5.74) is 0.168. The molecule has 0 fully saturated rings. The van der Waals surface area contributed by atoms with Crippen molar-refractivity contribution in [1.29, 1.82) is 0 Å². The first kappa shape index (κ1) is 19.5. The zero-order chi connectivity index (χ0) is 20.1. The SMILES string of the molecule is Cc1ccc(NC(=O)CN(C)C(=O)c2cc([N+](=O)[O-])cc([N+](=O)[O-])c2)cc1. The van der Waals surface area contributed by atoms with Gasteiger partial charge < -0.3 is 10.2 Å². The molecule has 2 amide bonds. The molecule has 10 nitrogen and oxygen atoms in total. The van der Waals surface area contributed by atoms with Crippen molar-refractivity contribution in [3.8, 4) is 0 Å². The molecular weight excluding hydrogens is 356 g/mol. The zero-order valence-corrected chi connectivity index (χ0v) is 14.5. The van der Waals surface area contributed by atoms with Crippen LogP contribution >= 0.6 is 0 Å². The van der Waals surface area contributed by atoms with Crippen LogP contribution in [0.4, 0.5) is 17.1 Å². The Bertz CT molecular complexity index is 878. The highest BCUT2D eigenvalue weighted by atomic mass is 16.6. The summed E-state index contributed by atoms with van der Waals surface area (Å²) >= 11 is 0. The minimum Gasteiger partial charge on any atom is -0.332 e. The van der Waals surface area contributed by atoms with Gasteiger partial charge in [0.25, 0.3) is 17.3 Å². The van der Waals surface area contributed by atoms with E-state index < -0.39 is 33.0 Å². The molecule has 0 unspecified atom stereocenters. The average Bonchev–Trinajstić information content (AvgIpc) is 2.62. The van der Waals surface area contributed by atoms with Gasteiger partial charge in [0.2, 0.25) is 5.91 Å². The number of amides is 2. The number of nitrogens with one attached hydrogen (secondary N) is 1. The van der Waals surface area contributed by atoms with Crippen LogP contribution in [0.5, 0.6) is 0 Å². The van der Waals surface area contributed by atoms with Crippen LogP contribution in [0.1, 0.15) is 15.9 Å². The molecular formula is C17H16N4O6. The van der Waals surface area contributed by atoms with Crippen molar-refractivity contribution in [1.82, 2.24) is 4.90 Å². The van der Waals surface area contributed by atoms with Gasteiger partial charge in [0.15, 0.2) is 0 Å². The predicted molar refractivity (Wildman–Crippen MR) is 96.5 cm³/mol. The molecule has 0 atom stereocenters. The van der Waals surface area contributed by atoms with Crippen molar-refractivity contribution in [2.75, 3.05) is 18.9 Å². The molecule has 2 rings (SSSR count). The quantitative estimate of drug-likeness (QED) is 0.611. The number of nitro benzene ring substituents is 2. The summed E-state index contributed by atoms with van der Waals surface area (Å²) in [7, 11) is 1.32. The van der Waals surface area contributed by atoms with Crippen molar-refractivity contribution >= 4 is 28.9 Å². The monoisotopic (exact) mass is 372 g/mol. The third kappa shape index (κ3) is 5.08. The first-order chi connectivity index (χ1) is 12.7. The van der Waals surface area contributed by atoms with E-state index in [2.05, 4.69) is 5.32 Å². The lowest BCUT2D eigenvalue weighted by atomic mass is 10.1. The Morgan fingerprint density at radius 1 is 1.00 bits per heavy atom. The van der Waals surface area contributed by atoms with Gasteiger partial charge in [-0.25, -0.2) is 0 Å². The topological polar surface area (TPSA) is 136 Å². The molecule has 27 heavy (non-hydrogen) atoms. The number of anilines is 1. The molecule has 0 saturated carbocycles. The van der Waals surface area contributed by atoms with Gasteiger partial charge >= 0.3 is 0 Å². The molecule has 140 valence electrons. The molecule has 0 radical (unpaired) electrons. The number of nitro groups is 2. The molecule has 0 aliphatic carbocycles. The van der Waals surface area contributed by atoms with E-state index in [4.69, 9.17) is 0 Å². The average molecular weight is 372 g/mol. The smallest absolute Gasteiger partial charge is 0.277 e. The molecule has 0 saturated heterocycles. The Kier molecular flexibility index (Phi) is 5.81. The van der Waals surface area contributed by atoms with Gasteiger partial charge in [-0.15, -0.1) is 0 Å². The molecule has 1 N–H and O–H groups in total. The minimum atomic E-state index is -0.826. The van der Waals surface area contributed by atoms with Gasteiger partial charge in [0.05, 0.1) is 28.0 Å². The molecule has 0 spiro atoms. The van der Waals surface area contributed by atoms with Crippen molar-refractivity contribution in [2.24, 2.45) is 0 Å². The number of likely N-dealkylation sites (N-methyl/N-ethyl adjacent to an activating group) is 1. The first-order valence-electron chi connectivity index (χ1n) is 7.73. The van der Waals surface area contributed by atoms with Crippen molar-refractivity contribution in [3.63, 3.8) is 0 Å². The lowest BCUT2D eigenvalue weighted by Crippen LogP contribution is -2.35. The standard InChI is InChI=1S/C17H16N4O6/c1-11-3-5-13(6-4-11)18-16(22)10-19(2)17(23)12-7-14(20(24)25)9-15(8-12)21(26)27/h3-9H,10H2,1-2H3,(H,18,22). The maximum atomic E-state index is 12.4. The van der Waals surface area contributed by atoms with Crippen LogP contribution in [0.15, 0.2) is 42.5 Å². The lowest BCUT2D eigenvalue weighted by Gasteiger charge is -2.17. The van der Waals surface area contributed by atoms with Crippen LogP contribution in [0.2, 0.25) is 0 Å². The summed E-state index contributed by atoms with van der Waals surface area (Å²) in [6.07, 6.45) is 0. The van der Waals surface area contributed by atoms with Crippen LogP contribution in [0.25, 0.3) is 0 Å². The minimum absolute atomic E-state index is 0.249. The van der Waals surface area contributed by atoms with E-state index >= 15 is 0 Å². The highest BCUT2D eigenvalue weighted by molar-refractivity contribution is 6.00. The number of nitrogens with zero attached hydrogens (tertiary/aromatic N) is 3. The third-order valence-corrected chi connectivity index (χ3v) is 3.63. The number of non-ortho nitro benzene ring substituents is 2. The van der Waals surface area contributed by atoms with Gasteiger partial charge in [-0.3, -0.25) is 29.8 Å². The van der Waals surface area contributed by atoms with Crippen molar-refractivity contribution < 1.29 is 19.4 Å². The Hall–Kier alpha value is -3.82. The predicted octanol–water partition coefficient (Wildman–Crippen LogP) is 2.52. The Balaban J connectivity index is 2.14. The maximum absolute atomic E-state index is 12.4. The zero-order valence-electron chi connectivity index (χ0n) is 14.5.